The Bertz CT molecular complexity index is 896. The molecule has 2 aliphatic rings. The smallest absolute Gasteiger partial charge is 0.334 e. The molecule has 0 radical (unpaired) electrons. The van der Waals surface area contributed by atoms with Crippen molar-refractivity contribution in [2.24, 2.45) is 11.8 Å². The molecule has 164 valence electrons. The molecular formula is C21H27NO7S. The number of fused-ring (bicyclic) bond motifs is 2. The van der Waals surface area contributed by atoms with Gasteiger partial charge in [0.2, 0.25) is 10.0 Å². The number of methoxy groups -OCH3 is 1. The third kappa shape index (κ3) is 5.40. The molecule has 0 aromatic heterocycles. The summed E-state index contributed by atoms with van der Waals surface area (Å²) in [7, 11) is -1.69. The van der Waals surface area contributed by atoms with E-state index in [1.54, 1.807) is 31.4 Å². The Morgan fingerprint density at radius 3 is 2.27 bits per heavy atom. The number of sulfonamides is 1. The van der Waals surface area contributed by atoms with Crippen molar-refractivity contribution < 1.29 is 32.2 Å². The van der Waals surface area contributed by atoms with Crippen molar-refractivity contribution >= 4 is 22.0 Å². The summed E-state index contributed by atoms with van der Waals surface area (Å²) in [5, 5.41) is 0. The zero-order valence-electron chi connectivity index (χ0n) is 17.2. The lowest BCUT2D eigenvalue weighted by Gasteiger charge is -2.36. The van der Waals surface area contributed by atoms with Gasteiger partial charge in [0.1, 0.15) is 18.5 Å². The van der Waals surface area contributed by atoms with Gasteiger partial charge in [-0.25, -0.2) is 17.5 Å². The lowest BCUT2D eigenvalue weighted by atomic mass is 9.96. The number of benzene rings is 1. The van der Waals surface area contributed by atoms with E-state index in [-0.39, 0.29) is 36.5 Å². The van der Waals surface area contributed by atoms with Crippen molar-refractivity contribution in [2.45, 2.75) is 32.0 Å². The normalized spacial score (nSPS) is 23.6. The van der Waals surface area contributed by atoms with Crippen LogP contribution in [0.25, 0.3) is 0 Å². The molecule has 0 spiro atoms. The van der Waals surface area contributed by atoms with Gasteiger partial charge in [0, 0.05) is 30.5 Å². The van der Waals surface area contributed by atoms with Crippen LogP contribution in [0.1, 0.15) is 24.8 Å². The van der Waals surface area contributed by atoms with Gasteiger partial charge in [-0.3, -0.25) is 4.79 Å². The van der Waals surface area contributed by atoms with Gasteiger partial charge in [-0.15, -0.1) is 0 Å². The van der Waals surface area contributed by atoms with E-state index < -0.39 is 22.0 Å². The molecule has 2 fully saturated rings. The molecule has 2 bridgehead atoms. The zero-order valence-corrected chi connectivity index (χ0v) is 18.0. The fourth-order valence-electron chi connectivity index (χ4n) is 3.98. The molecule has 2 atom stereocenters. The lowest BCUT2D eigenvalue weighted by molar-refractivity contribution is -0.153. The maximum atomic E-state index is 12.4. The van der Waals surface area contributed by atoms with Gasteiger partial charge < -0.3 is 14.2 Å². The summed E-state index contributed by atoms with van der Waals surface area (Å²) in [6, 6.07) is 7.10. The molecule has 3 rings (SSSR count). The van der Waals surface area contributed by atoms with Crippen LogP contribution >= 0.6 is 0 Å². The minimum absolute atomic E-state index is 0.0275. The van der Waals surface area contributed by atoms with Crippen molar-refractivity contribution in [2.75, 3.05) is 26.5 Å². The van der Waals surface area contributed by atoms with Crippen molar-refractivity contribution in [1.29, 1.82) is 0 Å². The maximum Gasteiger partial charge on any atom is 0.334 e. The number of rotatable bonds is 8. The summed E-state index contributed by atoms with van der Waals surface area (Å²) in [5.74, 6) is -0.555. The molecule has 1 saturated carbocycles. The van der Waals surface area contributed by atoms with Crippen LogP contribution in [0.4, 0.5) is 0 Å². The van der Waals surface area contributed by atoms with E-state index in [4.69, 9.17) is 14.2 Å². The van der Waals surface area contributed by atoms with E-state index >= 15 is 0 Å². The highest BCUT2D eigenvalue weighted by molar-refractivity contribution is 7.88. The topological polar surface area (TPSA) is 99.2 Å². The highest BCUT2D eigenvalue weighted by Gasteiger charge is 2.46. The molecular weight excluding hydrogens is 410 g/mol. The van der Waals surface area contributed by atoms with Crippen molar-refractivity contribution in [3.63, 3.8) is 0 Å². The van der Waals surface area contributed by atoms with Gasteiger partial charge in [0.05, 0.1) is 19.8 Å². The third-order valence-corrected chi connectivity index (χ3v) is 6.87. The van der Waals surface area contributed by atoms with E-state index in [0.717, 1.165) is 18.4 Å². The first-order valence-electron chi connectivity index (χ1n) is 9.80. The SMILES string of the molecule is C=C(CC(=O)OCc1ccc(OC)cc1)C(=O)OC1C2CCC1CN(S(C)(=O)=O)C2. The minimum atomic E-state index is -3.26. The highest BCUT2D eigenvalue weighted by atomic mass is 32.2. The quantitative estimate of drug-likeness (QED) is 0.452. The second kappa shape index (κ2) is 9.18. The predicted molar refractivity (Wildman–Crippen MR) is 109 cm³/mol. The summed E-state index contributed by atoms with van der Waals surface area (Å²) in [4.78, 5) is 24.5. The zero-order chi connectivity index (χ0) is 21.9. The molecule has 1 aliphatic carbocycles. The first kappa shape index (κ1) is 22.3. The summed E-state index contributed by atoms with van der Waals surface area (Å²) in [5.41, 5.74) is 0.825. The van der Waals surface area contributed by atoms with E-state index in [0.29, 0.717) is 18.8 Å². The maximum absolute atomic E-state index is 12.4. The third-order valence-electron chi connectivity index (χ3n) is 5.63. The average Bonchev–Trinajstić information content (AvgIpc) is 2.92. The van der Waals surface area contributed by atoms with Gasteiger partial charge in [0.15, 0.2) is 0 Å². The predicted octanol–water partition coefficient (Wildman–Crippen LogP) is 1.90. The lowest BCUT2D eigenvalue weighted by Crippen LogP contribution is -2.48. The molecule has 1 saturated heterocycles. The Kier molecular flexibility index (Phi) is 6.82. The summed E-state index contributed by atoms with van der Waals surface area (Å²) >= 11 is 0. The highest BCUT2D eigenvalue weighted by Crippen LogP contribution is 2.40. The summed E-state index contributed by atoms with van der Waals surface area (Å²) < 4.78 is 40.9. The number of nitrogens with zero attached hydrogens (tertiary/aromatic N) is 1. The second-order valence-corrected chi connectivity index (χ2v) is 9.82. The molecule has 1 aromatic rings. The van der Waals surface area contributed by atoms with E-state index in [9.17, 15) is 18.0 Å². The van der Waals surface area contributed by atoms with Crippen LogP contribution in [0.5, 0.6) is 5.75 Å². The minimum Gasteiger partial charge on any atom is -0.497 e. The molecule has 30 heavy (non-hydrogen) atoms. The van der Waals surface area contributed by atoms with Gasteiger partial charge >= 0.3 is 11.9 Å². The molecule has 1 aromatic carbocycles. The largest absolute Gasteiger partial charge is 0.497 e. The van der Waals surface area contributed by atoms with Gasteiger partial charge in [-0.05, 0) is 30.5 Å². The van der Waals surface area contributed by atoms with E-state index in [1.165, 1.54) is 10.6 Å². The van der Waals surface area contributed by atoms with Gasteiger partial charge in [-0.1, -0.05) is 18.7 Å². The molecule has 0 amide bonds. The molecule has 2 unspecified atom stereocenters. The standard InChI is InChI=1S/C21H27NO7S/c1-14(10-19(23)28-13-15-4-8-18(27-2)9-5-15)21(24)29-20-16-6-7-17(20)12-22(11-16)30(3,25)26/h4-5,8-9,16-17,20H,1,6-7,10-13H2,2-3H3. The molecule has 1 aliphatic heterocycles. The van der Waals surface area contributed by atoms with Crippen LogP contribution in [-0.4, -0.2) is 57.2 Å². The summed E-state index contributed by atoms with van der Waals surface area (Å²) in [6.07, 6.45) is 2.21. The fourth-order valence-corrected chi connectivity index (χ4v) is 4.91. The number of carbonyl (C=O) groups excluding carboxylic acids is 2. The van der Waals surface area contributed by atoms with Gasteiger partial charge in [0.25, 0.3) is 0 Å². The monoisotopic (exact) mass is 437 g/mol. The van der Waals surface area contributed by atoms with Crippen LogP contribution < -0.4 is 4.74 Å². The first-order chi connectivity index (χ1) is 14.2. The molecule has 0 N–H and O–H groups in total. The first-order valence-corrected chi connectivity index (χ1v) is 11.6. The van der Waals surface area contributed by atoms with Gasteiger partial charge in [-0.2, -0.15) is 0 Å². The van der Waals surface area contributed by atoms with E-state index in [1.807, 2.05) is 0 Å². The number of piperidine rings is 1. The number of hydrogen-bond donors (Lipinski definition) is 0. The van der Waals surface area contributed by atoms with Crippen LogP contribution in [0.2, 0.25) is 0 Å². The fraction of sp³-hybridized carbons (Fsp3) is 0.524. The van der Waals surface area contributed by atoms with E-state index in [2.05, 4.69) is 6.58 Å². The van der Waals surface area contributed by atoms with Crippen LogP contribution in [0, 0.1) is 11.8 Å². The molecule has 8 nitrogen and oxygen atoms in total. The Hall–Kier alpha value is -2.39. The Balaban J connectivity index is 1.46. The Morgan fingerprint density at radius 1 is 1.13 bits per heavy atom. The molecule has 9 heteroatoms. The number of ether oxygens (including phenoxy) is 3. The Morgan fingerprint density at radius 2 is 1.73 bits per heavy atom. The average molecular weight is 438 g/mol. The Labute approximate surface area is 176 Å². The molecule has 1 heterocycles. The van der Waals surface area contributed by atoms with Crippen molar-refractivity contribution in [3.8, 4) is 5.75 Å². The number of carbonyl (C=O) groups is 2. The second-order valence-electron chi connectivity index (χ2n) is 7.84. The van der Waals surface area contributed by atoms with Crippen molar-refractivity contribution in [3.05, 3.63) is 42.0 Å². The van der Waals surface area contributed by atoms with Crippen LogP contribution in [0.3, 0.4) is 0 Å². The number of hydrogen-bond acceptors (Lipinski definition) is 7. The van der Waals surface area contributed by atoms with Crippen molar-refractivity contribution in [1.82, 2.24) is 4.31 Å². The van der Waals surface area contributed by atoms with Crippen LogP contribution in [-0.2, 0) is 35.7 Å². The van der Waals surface area contributed by atoms with Crippen LogP contribution in [0.15, 0.2) is 36.4 Å². The summed E-state index contributed by atoms with van der Waals surface area (Å²) in [6.45, 7) is 4.45. The number of esters is 2.